The van der Waals surface area contributed by atoms with Crippen molar-refractivity contribution in [3.05, 3.63) is 51.3 Å². The molecule has 21 heavy (non-hydrogen) atoms. The van der Waals surface area contributed by atoms with Gasteiger partial charge in [-0.2, -0.15) is 5.10 Å². The highest BCUT2D eigenvalue weighted by atomic mass is 35.5. The Kier molecular flexibility index (Phi) is 4.77. The Balaban J connectivity index is 2.05. The fourth-order valence-corrected chi connectivity index (χ4v) is 2.18. The van der Waals surface area contributed by atoms with Crippen molar-refractivity contribution in [2.45, 2.75) is 13.2 Å². The first kappa shape index (κ1) is 15.3. The van der Waals surface area contributed by atoms with E-state index in [9.17, 15) is 10.1 Å². The highest BCUT2D eigenvalue weighted by Gasteiger charge is 2.11. The van der Waals surface area contributed by atoms with Crippen LogP contribution in [-0.2, 0) is 13.2 Å². The van der Waals surface area contributed by atoms with Gasteiger partial charge in [0.2, 0.25) is 0 Å². The molecular weight excluding hydrogens is 296 g/mol. The van der Waals surface area contributed by atoms with Crippen molar-refractivity contribution in [3.63, 3.8) is 0 Å². The zero-order chi connectivity index (χ0) is 15.4. The van der Waals surface area contributed by atoms with Crippen LogP contribution in [0.1, 0.15) is 5.56 Å². The number of halogens is 1. The van der Waals surface area contributed by atoms with Crippen molar-refractivity contribution in [2.75, 3.05) is 14.2 Å². The molecule has 112 valence electrons. The van der Waals surface area contributed by atoms with Gasteiger partial charge in [-0.15, -0.1) is 0 Å². The molecule has 7 nitrogen and oxygen atoms in total. The normalized spacial score (nSPS) is 10.9. The standard InChI is InChI=1S/C13H15ClN4O3/c1-16(9-17-8-12(6-15-17)18(19)20)7-10-5-11(14)3-4-13(10)21-2/h3-6,8H,7,9H2,1-2H3. The largest absolute Gasteiger partial charge is 0.496 e. The van der Waals surface area contributed by atoms with Crippen LogP contribution < -0.4 is 4.74 Å². The quantitative estimate of drug-likeness (QED) is 0.605. The summed E-state index contributed by atoms with van der Waals surface area (Å²) in [5.74, 6) is 0.748. The molecule has 0 N–H and O–H groups in total. The Hall–Kier alpha value is -2.12. The predicted octanol–water partition coefficient (Wildman–Crippen LogP) is 2.54. The lowest BCUT2D eigenvalue weighted by molar-refractivity contribution is -0.385. The van der Waals surface area contributed by atoms with E-state index in [0.29, 0.717) is 18.2 Å². The summed E-state index contributed by atoms with van der Waals surface area (Å²) in [7, 11) is 3.48. The maximum absolute atomic E-state index is 10.6. The minimum atomic E-state index is -0.469. The van der Waals surface area contributed by atoms with Gasteiger partial charge in [-0.25, -0.2) is 0 Å². The smallest absolute Gasteiger partial charge is 0.307 e. The number of nitrogens with zero attached hydrogens (tertiary/aromatic N) is 4. The summed E-state index contributed by atoms with van der Waals surface area (Å²) in [6.07, 6.45) is 2.62. The van der Waals surface area contributed by atoms with E-state index < -0.39 is 4.92 Å². The predicted molar refractivity (Wildman–Crippen MR) is 78.4 cm³/mol. The lowest BCUT2D eigenvalue weighted by Gasteiger charge is -2.18. The van der Waals surface area contributed by atoms with Gasteiger partial charge in [-0.3, -0.25) is 19.7 Å². The third-order valence-corrected chi connectivity index (χ3v) is 3.13. The Morgan fingerprint density at radius 3 is 2.90 bits per heavy atom. The van der Waals surface area contributed by atoms with Gasteiger partial charge < -0.3 is 4.74 Å². The zero-order valence-electron chi connectivity index (χ0n) is 11.7. The molecule has 1 aromatic heterocycles. The molecule has 0 atom stereocenters. The number of ether oxygens (including phenoxy) is 1. The second-order valence-electron chi connectivity index (χ2n) is 4.61. The molecule has 0 fully saturated rings. The first-order valence-corrected chi connectivity index (χ1v) is 6.55. The minimum absolute atomic E-state index is 0.0243. The molecule has 0 amide bonds. The van der Waals surface area contributed by atoms with Crippen LogP contribution >= 0.6 is 11.6 Å². The van der Waals surface area contributed by atoms with Gasteiger partial charge in [0.05, 0.1) is 18.7 Å². The van der Waals surface area contributed by atoms with Crippen LogP contribution in [-0.4, -0.2) is 33.8 Å². The van der Waals surface area contributed by atoms with Crippen LogP contribution in [0.15, 0.2) is 30.6 Å². The number of hydrogen-bond donors (Lipinski definition) is 0. The third kappa shape index (κ3) is 3.93. The van der Waals surface area contributed by atoms with E-state index in [-0.39, 0.29) is 5.69 Å². The molecule has 0 aliphatic carbocycles. The molecule has 2 aromatic rings. The van der Waals surface area contributed by atoms with Gasteiger partial charge in [-0.1, -0.05) is 11.6 Å². The molecule has 0 saturated heterocycles. The summed E-state index contributed by atoms with van der Waals surface area (Å²) in [6, 6.07) is 5.41. The van der Waals surface area contributed by atoms with Gasteiger partial charge in [0.1, 0.15) is 18.1 Å². The van der Waals surface area contributed by atoms with E-state index in [1.807, 2.05) is 24.1 Å². The van der Waals surface area contributed by atoms with Gasteiger partial charge in [0, 0.05) is 17.1 Å². The number of methoxy groups -OCH3 is 1. The first-order valence-electron chi connectivity index (χ1n) is 6.17. The summed E-state index contributed by atoms with van der Waals surface area (Å²) in [5, 5.41) is 15.2. The van der Waals surface area contributed by atoms with Crippen molar-refractivity contribution in [3.8, 4) is 5.75 Å². The van der Waals surface area contributed by atoms with Crippen LogP contribution in [0.4, 0.5) is 5.69 Å². The fourth-order valence-electron chi connectivity index (χ4n) is 1.98. The lowest BCUT2D eigenvalue weighted by atomic mass is 10.2. The molecule has 2 rings (SSSR count). The molecule has 8 heteroatoms. The van der Waals surface area contributed by atoms with E-state index in [0.717, 1.165) is 11.3 Å². The second-order valence-corrected chi connectivity index (χ2v) is 5.04. The van der Waals surface area contributed by atoms with Crippen molar-refractivity contribution in [2.24, 2.45) is 0 Å². The third-order valence-electron chi connectivity index (χ3n) is 2.90. The Bertz CT molecular complexity index is 644. The van der Waals surface area contributed by atoms with Crippen LogP contribution in [0.25, 0.3) is 0 Å². The van der Waals surface area contributed by atoms with Crippen molar-refractivity contribution in [1.29, 1.82) is 0 Å². The fraction of sp³-hybridized carbons (Fsp3) is 0.308. The molecule has 0 bridgehead atoms. The van der Waals surface area contributed by atoms with Crippen LogP contribution in [0.2, 0.25) is 5.02 Å². The summed E-state index contributed by atoms with van der Waals surface area (Å²) >= 11 is 5.99. The van der Waals surface area contributed by atoms with E-state index in [2.05, 4.69) is 5.10 Å². The number of rotatable bonds is 6. The van der Waals surface area contributed by atoms with Crippen LogP contribution in [0, 0.1) is 10.1 Å². The Morgan fingerprint density at radius 1 is 1.52 bits per heavy atom. The SMILES string of the molecule is COc1ccc(Cl)cc1CN(C)Cn1cc([N+](=O)[O-])cn1. The van der Waals surface area contributed by atoms with E-state index >= 15 is 0 Å². The van der Waals surface area contributed by atoms with Gasteiger partial charge >= 0.3 is 5.69 Å². The highest BCUT2D eigenvalue weighted by Crippen LogP contribution is 2.23. The van der Waals surface area contributed by atoms with Crippen molar-refractivity contribution in [1.82, 2.24) is 14.7 Å². The van der Waals surface area contributed by atoms with E-state index in [1.165, 1.54) is 17.1 Å². The van der Waals surface area contributed by atoms with E-state index in [1.54, 1.807) is 13.2 Å². The molecule has 0 saturated carbocycles. The van der Waals surface area contributed by atoms with Crippen molar-refractivity contribution < 1.29 is 9.66 Å². The van der Waals surface area contributed by atoms with Crippen molar-refractivity contribution >= 4 is 17.3 Å². The Morgan fingerprint density at radius 2 is 2.29 bits per heavy atom. The zero-order valence-corrected chi connectivity index (χ0v) is 12.4. The van der Waals surface area contributed by atoms with Gasteiger partial charge in [0.15, 0.2) is 0 Å². The van der Waals surface area contributed by atoms with Gasteiger partial charge in [-0.05, 0) is 25.2 Å². The summed E-state index contributed by atoms with van der Waals surface area (Å²) in [5.41, 5.74) is 0.915. The summed E-state index contributed by atoms with van der Waals surface area (Å²) < 4.78 is 6.80. The van der Waals surface area contributed by atoms with E-state index in [4.69, 9.17) is 16.3 Å². The maximum Gasteiger partial charge on any atom is 0.307 e. The molecular formula is C13H15ClN4O3. The average molecular weight is 311 g/mol. The summed E-state index contributed by atoms with van der Waals surface area (Å²) in [4.78, 5) is 12.1. The lowest BCUT2D eigenvalue weighted by Crippen LogP contribution is -2.22. The van der Waals surface area contributed by atoms with Crippen LogP contribution in [0.3, 0.4) is 0 Å². The Labute approximate surface area is 126 Å². The number of aromatic nitrogens is 2. The second kappa shape index (κ2) is 6.55. The van der Waals surface area contributed by atoms with Crippen LogP contribution in [0.5, 0.6) is 5.75 Å². The topological polar surface area (TPSA) is 73.4 Å². The number of hydrogen-bond acceptors (Lipinski definition) is 5. The highest BCUT2D eigenvalue weighted by molar-refractivity contribution is 6.30. The maximum atomic E-state index is 10.6. The number of benzene rings is 1. The molecule has 1 aromatic carbocycles. The average Bonchev–Trinajstić information content (AvgIpc) is 2.87. The first-order chi connectivity index (χ1) is 9.99. The molecule has 0 unspecified atom stereocenters. The minimum Gasteiger partial charge on any atom is -0.496 e. The molecule has 0 aliphatic rings. The monoisotopic (exact) mass is 310 g/mol. The summed E-state index contributed by atoms with van der Waals surface area (Å²) in [6.45, 7) is 1.00. The molecule has 0 spiro atoms. The van der Waals surface area contributed by atoms with Gasteiger partial charge in [0.25, 0.3) is 0 Å². The molecule has 0 aliphatic heterocycles. The molecule has 1 heterocycles. The molecule has 0 radical (unpaired) electrons. The number of nitro groups is 1.